The van der Waals surface area contributed by atoms with Crippen molar-refractivity contribution in [3.05, 3.63) is 36.2 Å². The Kier molecular flexibility index (Phi) is 3.45. The molecule has 3 rings (SSSR count). The first-order chi connectivity index (χ1) is 9.74. The van der Waals surface area contributed by atoms with Crippen LogP contribution in [0.25, 0.3) is 5.69 Å². The van der Waals surface area contributed by atoms with Gasteiger partial charge in [-0.2, -0.15) is 0 Å². The third kappa shape index (κ3) is 2.54. The van der Waals surface area contributed by atoms with E-state index in [1.54, 1.807) is 4.68 Å². The van der Waals surface area contributed by atoms with Crippen molar-refractivity contribution >= 4 is 5.91 Å². The van der Waals surface area contributed by atoms with Crippen LogP contribution in [0.5, 0.6) is 0 Å². The van der Waals surface area contributed by atoms with Gasteiger partial charge in [0.2, 0.25) is 0 Å². The van der Waals surface area contributed by atoms with Crippen molar-refractivity contribution in [3.8, 4) is 5.69 Å². The fraction of sp³-hybridized carbons (Fsp3) is 0.429. The van der Waals surface area contributed by atoms with E-state index >= 15 is 0 Å². The zero-order chi connectivity index (χ0) is 13.9. The lowest BCUT2D eigenvalue weighted by Gasteiger charge is -2.31. The first-order valence-corrected chi connectivity index (χ1v) is 6.87. The molecular weight excluding hydrogens is 254 g/mol. The first-order valence-electron chi connectivity index (χ1n) is 6.87. The molecule has 20 heavy (non-hydrogen) atoms. The molecule has 6 heteroatoms. The van der Waals surface area contributed by atoms with Crippen LogP contribution in [0.4, 0.5) is 0 Å². The topological polar surface area (TPSA) is 63.9 Å². The summed E-state index contributed by atoms with van der Waals surface area (Å²) in [4.78, 5) is 14.5. The van der Waals surface area contributed by atoms with Gasteiger partial charge in [0.1, 0.15) is 6.33 Å². The number of hydrogen-bond donors (Lipinski definition) is 0. The summed E-state index contributed by atoms with van der Waals surface area (Å²) in [6.07, 6.45) is 3.81. The average Bonchev–Trinajstić information content (AvgIpc) is 3.01. The van der Waals surface area contributed by atoms with Crippen LogP contribution in [-0.2, 0) is 0 Å². The summed E-state index contributed by atoms with van der Waals surface area (Å²) in [5, 5.41) is 11.1. The summed E-state index contributed by atoms with van der Waals surface area (Å²) in [6, 6.07) is 7.41. The number of piperidine rings is 1. The molecule has 1 aliphatic heterocycles. The summed E-state index contributed by atoms with van der Waals surface area (Å²) in [6.45, 7) is 3.88. The molecule has 104 valence electrons. The fourth-order valence-corrected chi connectivity index (χ4v) is 2.62. The molecule has 0 bridgehead atoms. The molecule has 1 amide bonds. The molecule has 1 fully saturated rings. The Morgan fingerprint density at radius 3 is 3.05 bits per heavy atom. The van der Waals surface area contributed by atoms with Crippen LogP contribution in [-0.4, -0.2) is 44.1 Å². The molecule has 1 aromatic heterocycles. The lowest BCUT2D eigenvalue weighted by atomic mass is 9.99. The standard InChI is InChI=1S/C14H17N5O/c1-11-4-3-7-18(9-11)14(20)12-5-2-6-13(8-12)19-10-15-16-17-19/h2,5-6,8,10-11H,3-4,7,9H2,1H3/t11-/m0/s1. The molecule has 2 heterocycles. The largest absolute Gasteiger partial charge is 0.338 e. The third-order valence-corrected chi connectivity index (χ3v) is 3.65. The van der Waals surface area contributed by atoms with Gasteiger partial charge in [-0.1, -0.05) is 13.0 Å². The number of amides is 1. The summed E-state index contributed by atoms with van der Waals surface area (Å²) in [5.41, 5.74) is 1.48. The molecule has 2 aromatic rings. The van der Waals surface area contributed by atoms with E-state index in [4.69, 9.17) is 0 Å². The Bertz CT molecular complexity index is 595. The highest BCUT2D eigenvalue weighted by Crippen LogP contribution is 2.18. The minimum Gasteiger partial charge on any atom is -0.338 e. The van der Waals surface area contributed by atoms with Crippen molar-refractivity contribution in [2.24, 2.45) is 5.92 Å². The van der Waals surface area contributed by atoms with E-state index in [1.165, 1.54) is 12.7 Å². The van der Waals surface area contributed by atoms with Gasteiger partial charge in [0, 0.05) is 18.7 Å². The van der Waals surface area contributed by atoms with Crippen molar-refractivity contribution < 1.29 is 4.79 Å². The molecule has 0 aliphatic carbocycles. The molecule has 1 saturated heterocycles. The predicted octanol–water partition coefficient (Wildman–Crippen LogP) is 1.53. The van der Waals surface area contributed by atoms with Gasteiger partial charge in [-0.05, 0) is 47.4 Å². The number of rotatable bonds is 2. The Morgan fingerprint density at radius 1 is 1.40 bits per heavy atom. The number of carbonyl (C=O) groups is 1. The zero-order valence-corrected chi connectivity index (χ0v) is 11.4. The first kappa shape index (κ1) is 12.8. The minimum atomic E-state index is 0.0893. The Hall–Kier alpha value is -2.24. The number of nitrogens with zero attached hydrogens (tertiary/aromatic N) is 5. The second-order valence-electron chi connectivity index (χ2n) is 5.30. The maximum absolute atomic E-state index is 12.5. The van der Waals surface area contributed by atoms with Crippen LogP contribution in [0.3, 0.4) is 0 Å². The van der Waals surface area contributed by atoms with E-state index < -0.39 is 0 Å². The van der Waals surface area contributed by atoms with Crippen molar-refractivity contribution in [1.82, 2.24) is 25.1 Å². The molecule has 1 aromatic carbocycles. The average molecular weight is 271 g/mol. The van der Waals surface area contributed by atoms with Crippen molar-refractivity contribution in [1.29, 1.82) is 0 Å². The number of likely N-dealkylation sites (tertiary alicyclic amines) is 1. The molecule has 0 N–H and O–H groups in total. The SMILES string of the molecule is C[C@H]1CCCN(C(=O)c2cccc(-n3cnnn3)c2)C1. The summed E-state index contributed by atoms with van der Waals surface area (Å²) in [7, 11) is 0. The van der Waals surface area contributed by atoms with E-state index in [0.29, 0.717) is 11.5 Å². The molecular formula is C14H17N5O. The van der Waals surface area contributed by atoms with Gasteiger partial charge >= 0.3 is 0 Å². The molecule has 1 atom stereocenters. The maximum Gasteiger partial charge on any atom is 0.253 e. The van der Waals surface area contributed by atoms with Crippen LogP contribution in [0.15, 0.2) is 30.6 Å². The van der Waals surface area contributed by atoms with Crippen LogP contribution in [0, 0.1) is 5.92 Å². The normalized spacial score (nSPS) is 19.1. The van der Waals surface area contributed by atoms with Gasteiger partial charge < -0.3 is 4.90 Å². The second kappa shape index (κ2) is 5.40. The van der Waals surface area contributed by atoms with E-state index in [1.807, 2.05) is 29.2 Å². The smallest absolute Gasteiger partial charge is 0.253 e. The van der Waals surface area contributed by atoms with E-state index in [9.17, 15) is 4.79 Å². The molecule has 0 spiro atoms. The fourth-order valence-electron chi connectivity index (χ4n) is 2.62. The third-order valence-electron chi connectivity index (χ3n) is 3.65. The van der Waals surface area contributed by atoms with E-state index in [-0.39, 0.29) is 5.91 Å². The highest BCUT2D eigenvalue weighted by Gasteiger charge is 2.22. The Balaban J connectivity index is 1.83. The van der Waals surface area contributed by atoms with Gasteiger partial charge in [0.15, 0.2) is 0 Å². The van der Waals surface area contributed by atoms with Crippen molar-refractivity contribution in [2.75, 3.05) is 13.1 Å². The van der Waals surface area contributed by atoms with E-state index in [0.717, 1.165) is 25.2 Å². The van der Waals surface area contributed by atoms with Crippen LogP contribution >= 0.6 is 0 Å². The lowest BCUT2D eigenvalue weighted by molar-refractivity contribution is 0.0683. The van der Waals surface area contributed by atoms with Gasteiger partial charge in [-0.3, -0.25) is 4.79 Å². The lowest BCUT2D eigenvalue weighted by Crippen LogP contribution is -2.39. The number of hydrogen-bond acceptors (Lipinski definition) is 4. The number of carbonyl (C=O) groups excluding carboxylic acids is 1. The van der Waals surface area contributed by atoms with E-state index in [2.05, 4.69) is 22.4 Å². The van der Waals surface area contributed by atoms with Crippen LogP contribution in [0.2, 0.25) is 0 Å². The number of aromatic nitrogens is 4. The minimum absolute atomic E-state index is 0.0893. The second-order valence-corrected chi connectivity index (χ2v) is 5.30. The molecule has 0 radical (unpaired) electrons. The van der Waals surface area contributed by atoms with Gasteiger partial charge in [0.25, 0.3) is 5.91 Å². The zero-order valence-electron chi connectivity index (χ0n) is 11.4. The van der Waals surface area contributed by atoms with Crippen molar-refractivity contribution in [3.63, 3.8) is 0 Å². The summed E-state index contributed by atoms with van der Waals surface area (Å²) >= 11 is 0. The van der Waals surface area contributed by atoms with Gasteiger partial charge in [-0.25, -0.2) is 4.68 Å². The number of benzene rings is 1. The summed E-state index contributed by atoms with van der Waals surface area (Å²) in [5.74, 6) is 0.668. The molecule has 1 aliphatic rings. The maximum atomic E-state index is 12.5. The Morgan fingerprint density at radius 2 is 2.30 bits per heavy atom. The monoisotopic (exact) mass is 271 g/mol. The Labute approximate surface area is 117 Å². The van der Waals surface area contributed by atoms with Crippen molar-refractivity contribution in [2.45, 2.75) is 19.8 Å². The summed E-state index contributed by atoms with van der Waals surface area (Å²) < 4.78 is 1.55. The molecule has 6 nitrogen and oxygen atoms in total. The quantitative estimate of drug-likeness (QED) is 0.831. The highest BCUT2D eigenvalue weighted by molar-refractivity contribution is 5.94. The predicted molar refractivity (Wildman–Crippen MR) is 73.5 cm³/mol. The van der Waals surface area contributed by atoms with Crippen LogP contribution in [0.1, 0.15) is 30.1 Å². The molecule has 0 unspecified atom stereocenters. The number of tetrazole rings is 1. The molecule has 0 saturated carbocycles. The van der Waals surface area contributed by atoms with Gasteiger partial charge in [0.05, 0.1) is 5.69 Å². The van der Waals surface area contributed by atoms with Gasteiger partial charge in [-0.15, -0.1) is 5.10 Å². The van der Waals surface area contributed by atoms with Crippen LogP contribution < -0.4 is 0 Å². The highest BCUT2D eigenvalue weighted by atomic mass is 16.2.